The van der Waals surface area contributed by atoms with Gasteiger partial charge in [-0.2, -0.15) is 11.8 Å². The summed E-state index contributed by atoms with van der Waals surface area (Å²) in [6, 6.07) is 22.3. The molecule has 0 N–H and O–H groups in total. The van der Waals surface area contributed by atoms with E-state index in [9.17, 15) is 0 Å². The molecule has 1 atom stereocenters. The van der Waals surface area contributed by atoms with Crippen molar-refractivity contribution in [3.63, 3.8) is 0 Å². The Labute approximate surface area is 222 Å². The lowest BCUT2D eigenvalue weighted by Gasteiger charge is -2.27. The Morgan fingerprint density at radius 3 is 2.11 bits per heavy atom. The third kappa shape index (κ3) is 5.09. The lowest BCUT2D eigenvalue weighted by molar-refractivity contribution is 0.354. The van der Waals surface area contributed by atoms with Crippen LogP contribution in [0.3, 0.4) is 0 Å². The van der Waals surface area contributed by atoms with Gasteiger partial charge in [-0.1, -0.05) is 36.4 Å². The number of methoxy groups -OCH3 is 4. The van der Waals surface area contributed by atoms with Crippen LogP contribution in [0, 0.1) is 0 Å². The van der Waals surface area contributed by atoms with Crippen molar-refractivity contribution in [2.24, 2.45) is 0 Å². The van der Waals surface area contributed by atoms with Gasteiger partial charge in [0.2, 0.25) is 0 Å². The summed E-state index contributed by atoms with van der Waals surface area (Å²) in [6.45, 7) is 0. The SMILES string of the molecule is COc1ccc(CC2CSCc3c(-c4ccc(OC)c(OC)c4)nc(-c4ccccc4)nc32)cc1OC. The minimum absolute atomic E-state index is 0.233. The molecule has 1 aliphatic rings. The van der Waals surface area contributed by atoms with Gasteiger partial charge in [-0.15, -0.1) is 0 Å². The fourth-order valence-corrected chi connectivity index (χ4v) is 5.92. The van der Waals surface area contributed by atoms with E-state index in [2.05, 4.69) is 24.3 Å². The summed E-state index contributed by atoms with van der Waals surface area (Å²) < 4.78 is 22.1. The Kier molecular flexibility index (Phi) is 7.51. The van der Waals surface area contributed by atoms with Crippen molar-refractivity contribution in [3.05, 3.63) is 83.6 Å². The molecule has 37 heavy (non-hydrogen) atoms. The van der Waals surface area contributed by atoms with E-state index in [4.69, 9.17) is 28.9 Å². The first-order valence-corrected chi connectivity index (χ1v) is 13.3. The van der Waals surface area contributed by atoms with Gasteiger partial charge in [-0.25, -0.2) is 9.97 Å². The predicted octanol–water partition coefficient (Wildman–Crippen LogP) is 6.42. The summed E-state index contributed by atoms with van der Waals surface area (Å²) in [5, 5.41) is 0. The van der Waals surface area contributed by atoms with Crippen LogP contribution >= 0.6 is 11.8 Å². The minimum Gasteiger partial charge on any atom is -0.493 e. The highest BCUT2D eigenvalue weighted by Gasteiger charge is 2.28. The van der Waals surface area contributed by atoms with Crippen LogP contribution in [0.15, 0.2) is 66.7 Å². The van der Waals surface area contributed by atoms with Gasteiger partial charge in [0.25, 0.3) is 0 Å². The normalized spacial score (nSPS) is 14.5. The van der Waals surface area contributed by atoms with Gasteiger partial charge in [0.15, 0.2) is 28.8 Å². The number of aromatic nitrogens is 2. The highest BCUT2D eigenvalue weighted by atomic mass is 32.2. The smallest absolute Gasteiger partial charge is 0.161 e. The standard InChI is InChI=1S/C30H30N2O4S/c1-33-24-12-10-19(15-26(24)35-3)14-22-17-37-18-23-28(21-11-13-25(34-2)27(16-21)36-4)31-30(32-29(22)23)20-8-6-5-7-9-20/h5-13,15-16,22H,14,17-18H2,1-4H3. The fraction of sp³-hybridized carbons (Fsp3) is 0.267. The maximum absolute atomic E-state index is 5.60. The third-order valence-electron chi connectivity index (χ3n) is 6.61. The second kappa shape index (κ2) is 11.1. The molecule has 4 aromatic rings. The van der Waals surface area contributed by atoms with Crippen molar-refractivity contribution in [2.45, 2.75) is 18.1 Å². The summed E-state index contributed by atoms with van der Waals surface area (Å²) in [7, 11) is 6.62. The molecule has 2 heterocycles. The van der Waals surface area contributed by atoms with Crippen LogP contribution in [0.5, 0.6) is 23.0 Å². The molecule has 5 rings (SSSR count). The van der Waals surface area contributed by atoms with Gasteiger partial charge in [-0.3, -0.25) is 0 Å². The van der Waals surface area contributed by atoms with Crippen molar-refractivity contribution >= 4 is 11.8 Å². The molecule has 1 unspecified atom stereocenters. The van der Waals surface area contributed by atoms with Crippen LogP contribution in [-0.4, -0.2) is 44.2 Å². The second-order valence-corrected chi connectivity index (χ2v) is 9.83. The molecule has 0 saturated carbocycles. The Hall–Kier alpha value is -3.71. The first-order valence-electron chi connectivity index (χ1n) is 12.1. The number of thioether (sulfide) groups is 1. The molecule has 0 saturated heterocycles. The van der Waals surface area contributed by atoms with E-state index < -0.39 is 0 Å². The molecular weight excluding hydrogens is 484 g/mol. The van der Waals surface area contributed by atoms with Crippen LogP contribution in [0.2, 0.25) is 0 Å². The molecule has 0 aliphatic carbocycles. The van der Waals surface area contributed by atoms with E-state index in [1.54, 1.807) is 28.4 Å². The molecule has 0 radical (unpaired) electrons. The van der Waals surface area contributed by atoms with Gasteiger partial charge >= 0.3 is 0 Å². The maximum atomic E-state index is 5.60. The Bertz CT molecular complexity index is 1390. The van der Waals surface area contributed by atoms with Crippen LogP contribution in [0.25, 0.3) is 22.6 Å². The molecule has 0 bridgehead atoms. The summed E-state index contributed by atoms with van der Waals surface area (Å²) in [4.78, 5) is 10.3. The molecule has 190 valence electrons. The number of hydrogen-bond acceptors (Lipinski definition) is 7. The minimum atomic E-state index is 0.233. The quantitative estimate of drug-likeness (QED) is 0.269. The number of fused-ring (bicyclic) bond motifs is 1. The molecule has 1 aliphatic heterocycles. The van der Waals surface area contributed by atoms with E-state index in [0.29, 0.717) is 11.5 Å². The Morgan fingerprint density at radius 2 is 1.41 bits per heavy atom. The zero-order valence-corrected chi connectivity index (χ0v) is 22.3. The zero-order chi connectivity index (χ0) is 25.8. The average Bonchev–Trinajstić information content (AvgIpc) is 2.96. The van der Waals surface area contributed by atoms with Crippen molar-refractivity contribution in [1.82, 2.24) is 9.97 Å². The van der Waals surface area contributed by atoms with Crippen molar-refractivity contribution in [2.75, 3.05) is 34.2 Å². The maximum Gasteiger partial charge on any atom is 0.161 e. The topological polar surface area (TPSA) is 62.7 Å². The lowest BCUT2D eigenvalue weighted by Crippen LogP contribution is -2.18. The molecule has 7 heteroatoms. The van der Waals surface area contributed by atoms with E-state index >= 15 is 0 Å². The van der Waals surface area contributed by atoms with Crippen LogP contribution in [0.4, 0.5) is 0 Å². The number of hydrogen-bond donors (Lipinski definition) is 0. The number of ether oxygens (including phenoxy) is 4. The molecular formula is C30H30N2O4S. The highest BCUT2D eigenvalue weighted by molar-refractivity contribution is 7.98. The number of nitrogens with zero attached hydrogens (tertiary/aromatic N) is 2. The first-order chi connectivity index (χ1) is 18.1. The largest absolute Gasteiger partial charge is 0.493 e. The van der Waals surface area contributed by atoms with E-state index in [-0.39, 0.29) is 5.92 Å². The monoisotopic (exact) mass is 514 g/mol. The van der Waals surface area contributed by atoms with E-state index in [0.717, 1.165) is 57.8 Å². The van der Waals surface area contributed by atoms with E-state index in [1.165, 1.54) is 11.1 Å². The summed E-state index contributed by atoms with van der Waals surface area (Å²) >= 11 is 1.92. The fourth-order valence-electron chi connectivity index (χ4n) is 4.75. The Balaban J connectivity index is 1.63. The van der Waals surface area contributed by atoms with Gasteiger partial charge in [0.1, 0.15) is 0 Å². The molecule has 3 aromatic carbocycles. The van der Waals surface area contributed by atoms with Crippen LogP contribution in [0.1, 0.15) is 22.7 Å². The second-order valence-electron chi connectivity index (χ2n) is 8.80. The first kappa shape index (κ1) is 25.0. The van der Waals surface area contributed by atoms with Crippen LogP contribution in [-0.2, 0) is 12.2 Å². The van der Waals surface area contributed by atoms with Gasteiger partial charge in [0.05, 0.1) is 39.8 Å². The molecule has 0 amide bonds. The van der Waals surface area contributed by atoms with Gasteiger partial charge in [0, 0.05) is 34.1 Å². The number of benzene rings is 3. The average molecular weight is 515 g/mol. The Morgan fingerprint density at radius 1 is 0.730 bits per heavy atom. The van der Waals surface area contributed by atoms with Crippen molar-refractivity contribution < 1.29 is 18.9 Å². The molecule has 0 fully saturated rings. The predicted molar refractivity (Wildman–Crippen MR) is 148 cm³/mol. The van der Waals surface area contributed by atoms with Crippen LogP contribution < -0.4 is 18.9 Å². The third-order valence-corrected chi connectivity index (χ3v) is 7.74. The molecule has 6 nitrogen and oxygen atoms in total. The van der Waals surface area contributed by atoms with Crippen molar-refractivity contribution in [1.29, 1.82) is 0 Å². The number of rotatable bonds is 8. The van der Waals surface area contributed by atoms with Gasteiger partial charge < -0.3 is 18.9 Å². The van der Waals surface area contributed by atoms with E-state index in [1.807, 2.05) is 54.2 Å². The molecule has 1 aromatic heterocycles. The zero-order valence-electron chi connectivity index (χ0n) is 21.5. The summed E-state index contributed by atoms with van der Waals surface area (Å²) in [5.74, 6) is 5.65. The van der Waals surface area contributed by atoms with Crippen molar-refractivity contribution in [3.8, 4) is 45.6 Å². The summed E-state index contributed by atoms with van der Waals surface area (Å²) in [5.41, 5.74) is 6.38. The molecule has 0 spiro atoms. The summed E-state index contributed by atoms with van der Waals surface area (Å²) in [6.07, 6.45) is 0.844. The lowest BCUT2D eigenvalue weighted by atomic mass is 9.92. The van der Waals surface area contributed by atoms with Gasteiger partial charge in [-0.05, 0) is 42.3 Å². The highest BCUT2D eigenvalue weighted by Crippen LogP contribution is 2.42.